The second kappa shape index (κ2) is 8.29. The number of carbonyl (C=O) groups excluding carboxylic acids is 1. The first kappa shape index (κ1) is 18.4. The van der Waals surface area contributed by atoms with Crippen molar-refractivity contribution in [2.24, 2.45) is 0 Å². The average Bonchev–Trinajstić information content (AvgIpc) is 3.10. The second-order valence-corrected chi connectivity index (χ2v) is 7.10. The highest BCUT2D eigenvalue weighted by Gasteiger charge is 2.21. The Bertz CT molecular complexity index is 896. The molecule has 0 bridgehead atoms. The molecule has 7 heteroatoms. The molecule has 3 rings (SSSR count). The van der Waals surface area contributed by atoms with E-state index in [0.29, 0.717) is 27.3 Å². The zero-order valence-electron chi connectivity index (χ0n) is 14.4. The number of halogens is 1. The molecule has 0 aliphatic carbocycles. The Balaban J connectivity index is 1.68. The number of hydrogen-bond acceptors (Lipinski definition) is 5. The minimum atomic E-state index is -0.598. The molecule has 0 saturated carbocycles. The summed E-state index contributed by atoms with van der Waals surface area (Å²) in [6.45, 7) is 3.85. The Hall–Kier alpha value is -2.44. The van der Waals surface area contributed by atoms with Gasteiger partial charge in [0.1, 0.15) is 10.8 Å². The summed E-state index contributed by atoms with van der Waals surface area (Å²) in [5.41, 5.74) is 1.88. The van der Waals surface area contributed by atoms with Crippen LogP contribution >= 0.6 is 22.9 Å². The summed E-state index contributed by atoms with van der Waals surface area (Å²) >= 11 is 7.20. The van der Waals surface area contributed by atoms with E-state index in [-0.39, 0.29) is 5.91 Å². The summed E-state index contributed by atoms with van der Waals surface area (Å²) in [5, 5.41) is 12.8. The number of rotatable bonds is 6. The van der Waals surface area contributed by atoms with E-state index >= 15 is 0 Å². The summed E-state index contributed by atoms with van der Waals surface area (Å²) < 4.78 is 5.86. The van der Waals surface area contributed by atoms with E-state index in [1.54, 1.807) is 12.1 Å². The van der Waals surface area contributed by atoms with Gasteiger partial charge in [-0.1, -0.05) is 60.2 Å². The number of nitrogens with zero attached hydrogens (tertiary/aromatic N) is 2. The largest absolute Gasteiger partial charge is 0.480 e. The molecule has 0 spiro atoms. The maximum atomic E-state index is 12.5. The number of carbonyl (C=O) groups is 1. The normalized spacial score (nSPS) is 11.8. The number of ether oxygens (including phenoxy) is 1. The van der Waals surface area contributed by atoms with Crippen LogP contribution in [0.5, 0.6) is 5.75 Å². The van der Waals surface area contributed by atoms with Crippen LogP contribution in [0.4, 0.5) is 5.13 Å². The first-order valence-electron chi connectivity index (χ1n) is 8.19. The average molecular weight is 388 g/mol. The number of benzene rings is 2. The van der Waals surface area contributed by atoms with Gasteiger partial charge in [0.2, 0.25) is 5.13 Å². The zero-order chi connectivity index (χ0) is 18.5. The summed E-state index contributed by atoms with van der Waals surface area (Å²) in [7, 11) is 0. The monoisotopic (exact) mass is 387 g/mol. The number of aromatic nitrogens is 2. The predicted octanol–water partition coefficient (Wildman–Crippen LogP) is 4.96. The third-order valence-corrected chi connectivity index (χ3v) is 4.91. The van der Waals surface area contributed by atoms with Gasteiger partial charge in [-0.25, -0.2) is 0 Å². The molecule has 2 aromatic carbocycles. The summed E-state index contributed by atoms with van der Waals surface area (Å²) in [6.07, 6.45) is -0.0535. The SMILES string of the molecule is CCC(Oc1ccccc1C)C(=O)Nc1nnc(-c2ccc(Cl)cc2)s1. The fourth-order valence-corrected chi connectivity index (χ4v) is 3.21. The van der Waals surface area contributed by atoms with Crippen LogP contribution in [-0.4, -0.2) is 22.2 Å². The van der Waals surface area contributed by atoms with Crippen LogP contribution < -0.4 is 10.1 Å². The number of aryl methyl sites for hydroxylation is 1. The van der Waals surface area contributed by atoms with Crippen LogP contribution in [-0.2, 0) is 4.79 Å². The molecule has 0 radical (unpaired) electrons. The van der Waals surface area contributed by atoms with Gasteiger partial charge in [0.25, 0.3) is 5.91 Å². The Labute approximate surface area is 161 Å². The lowest BCUT2D eigenvalue weighted by atomic mass is 10.2. The molecule has 1 heterocycles. The van der Waals surface area contributed by atoms with Crippen molar-refractivity contribution >= 4 is 34.0 Å². The Kier molecular flexibility index (Phi) is 5.85. The molecular weight excluding hydrogens is 370 g/mol. The lowest BCUT2D eigenvalue weighted by Gasteiger charge is -2.17. The fraction of sp³-hybridized carbons (Fsp3) is 0.211. The summed E-state index contributed by atoms with van der Waals surface area (Å²) in [6, 6.07) is 14.9. The van der Waals surface area contributed by atoms with Gasteiger partial charge in [0.05, 0.1) is 0 Å². The molecule has 1 atom stereocenters. The minimum absolute atomic E-state index is 0.241. The van der Waals surface area contributed by atoms with Gasteiger partial charge in [0, 0.05) is 10.6 Å². The Morgan fingerprint density at radius 3 is 2.62 bits per heavy atom. The lowest BCUT2D eigenvalue weighted by molar-refractivity contribution is -0.122. The van der Waals surface area contributed by atoms with Crippen molar-refractivity contribution in [2.45, 2.75) is 26.4 Å². The van der Waals surface area contributed by atoms with Gasteiger partial charge in [-0.15, -0.1) is 10.2 Å². The zero-order valence-corrected chi connectivity index (χ0v) is 16.0. The molecule has 134 valence electrons. The van der Waals surface area contributed by atoms with Crippen molar-refractivity contribution in [1.82, 2.24) is 10.2 Å². The molecular formula is C19H18ClN3O2S. The molecule has 0 fully saturated rings. The Morgan fingerprint density at radius 2 is 1.92 bits per heavy atom. The Morgan fingerprint density at radius 1 is 1.19 bits per heavy atom. The van der Waals surface area contributed by atoms with E-state index in [1.807, 2.05) is 50.2 Å². The predicted molar refractivity (Wildman–Crippen MR) is 105 cm³/mol. The van der Waals surface area contributed by atoms with Gasteiger partial charge >= 0.3 is 0 Å². The molecule has 26 heavy (non-hydrogen) atoms. The first-order chi connectivity index (χ1) is 12.6. The highest BCUT2D eigenvalue weighted by molar-refractivity contribution is 7.18. The van der Waals surface area contributed by atoms with Crippen LogP contribution in [0.2, 0.25) is 5.02 Å². The number of para-hydroxylation sites is 1. The lowest BCUT2D eigenvalue weighted by Crippen LogP contribution is -2.32. The molecule has 1 amide bonds. The van der Waals surface area contributed by atoms with Gasteiger partial charge in [0.15, 0.2) is 6.10 Å². The van der Waals surface area contributed by atoms with Crippen molar-refractivity contribution in [2.75, 3.05) is 5.32 Å². The summed E-state index contributed by atoms with van der Waals surface area (Å²) in [4.78, 5) is 12.5. The third kappa shape index (κ3) is 4.39. The second-order valence-electron chi connectivity index (χ2n) is 5.69. The molecule has 5 nitrogen and oxygen atoms in total. The van der Waals surface area contributed by atoms with Crippen molar-refractivity contribution in [1.29, 1.82) is 0 Å². The molecule has 0 saturated heterocycles. The first-order valence-corrected chi connectivity index (χ1v) is 9.39. The maximum absolute atomic E-state index is 12.5. The van der Waals surface area contributed by atoms with Crippen molar-refractivity contribution < 1.29 is 9.53 Å². The molecule has 1 unspecified atom stereocenters. The number of anilines is 1. The van der Waals surface area contributed by atoms with E-state index < -0.39 is 6.10 Å². The molecule has 3 aromatic rings. The van der Waals surface area contributed by atoms with E-state index in [0.717, 1.165) is 11.1 Å². The smallest absolute Gasteiger partial charge is 0.267 e. The maximum Gasteiger partial charge on any atom is 0.267 e. The molecule has 0 aliphatic heterocycles. The van der Waals surface area contributed by atoms with E-state index in [9.17, 15) is 4.79 Å². The van der Waals surface area contributed by atoms with Gasteiger partial charge < -0.3 is 4.74 Å². The highest BCUT2D eigenvalue weighted by atomic mass is 35.5. The summed E-state index contributed by atoms with van der Waals surface area (Å²) in [5.74, 6) is 0.461. The number of hydrogen-bond donors (Lipinski definition) is 1. The topological polar surface area (TPSA) is 64.1 Å². The van der Waals surface area contributed by atoms with E-state index in [4.69, 9.17) is 16.3 Å². The number of amides is 1. The van der Waals surface area contributed by atoms with Crippen LogP contribution in [0.3, 0.4) is 0 Å². The van der Waals surface area contributed by atoms with Crippen LogP contribution in [0.1, 0.15) is 18.9 Å². The molecule has 1 N–H and O–H groups in total. The van der Waals surface area contributed by atoms with Crippen LogP contribution in [0.25, 0.3) is 10.6 Å². The molecule has 1 aromatic heterocycles. The third-order valence-electron chi connectivity index (χ3n) is 3.77. The quantitative estimate of drug-likeness (QED) is 0.649. The van der Waals surface area contributed by atoms with Crippen molar-refractivity contribution in [3.8, 4) is 16.3 Å². The fourth-order valence-electron chi connectivity index (χ4n) is 2.33. The van der Waals surface area contributed by atoms with Gasteiger partial charge in [-0.05, 0) is 37.1 Å². The van der Waals surface area contributed by atoms with Crippen LogP contribution in [0, 0.1) is 6.92 Å². The van der Waals surface area contributed by atoms with E-state index in [2.05, 4.69) is 15.5 Å². The van der Waals surface area contributed by atoms with Crippen molar-refractivity contribution in [3.05, 3.63) is 59.1 Å². The van der Waals surface area contributed by atoms with Crippen molar-refractivity contribution in [3.63, 3.8) is 0 Å². The van der Waals surface area contributed by atoms with E-state index in [1.165, 1.54) is 11.3 Å². The van der Waals surface area contributed by atoms with Gasteiger partial charge in [-0.3, -0.25) is 10.1 Å². The van der Waals surface area contributed by atoms with Gasteiger partial charge in [-0.2, -0.15) is 0 Å². The highest BCUT2D eigenvalue weighted by Crippen LogP contribution is 2.27. The minimum Gasteiger partial charge on any atom is -0.480 e. The van der Waals surface area contributed by atoms with Crippen LogP contribution in [0.15, 0.2) is 48.5 Å². The number of nitrogens with one attached hydrogen (secondary N) is 1. The molecule has 0 aliphatic rings. The standard InChI is InChI=1S/C19H18ClN3O2S/c1-3-15(25-16-7-5-4-6-12(16)2)17(24)21-19-23-22-18(26-19)13-8-10-14(20)11-9-13/h4-11,15H,3H2,1-2H3,(H,21,23,24).